The van der Waals surface area contributed by atoms with Crippen LogP contribution in [0.2, 0.25) is 0 Å². The summed E-state index contributed by atoms with van der Waals surface area (Å²) in [6.45, 7) is 4.39. The van der Waals surface area contributed by atoms with Crippen LogP contribution >= 0.6 is 0 Å². The van der Waals surface area contributed by atoms with Gasteiger partial charge in [0.15, 0.2) is 0 Å². The Morgan fingerprint density at radius 3 is 2.53 bits per heavy atom. The van der Waals surface area contributed by atoms with Crippen LogP contribution in [0.3, 0.4) is 0 Å². The molecule has 0 radical (unpaired) electrons. The first-order valence-electron chi connectivity index (χ1n) is 5.55. The SMILES string of the molecule is CC1CC(CN)(C(=O)N(C)C(C)CO)C1. The molecule has 1 unspecified atom stereocenters. The first-order chi connectivity index (χ1) is 6.96. The molecule has 0 aliphatic heterocycles. The quantitative estimate of drug-likeness (QED) is 0.702. The number of aliphatic hydroxyl groups excluding tert-OH is 1. The maximum atomic E-state index is 12.2. The van der Waals surface area contributed by atoms with Crippen molar-refractivity contribution in [3.8, 4) is 0 Å². The van der Waals surface area contributed by atoms with Gasteiger partial charge in [0.25, 0.3) is 0 Å². The summed E-state index contributed by atoms with van der Waals surface area (Å²) < 4.78 is 0. The van der Waals surface area contributed by atoms with Crippen LogP contribution in [0.5, 0.6) is 0 Å². The highest BCUT2D eigenvalue weighted by Gasteiger charge is 2.48. The molecule has 4 nitrogen and oxygen atoms in total. The standard InChI is InChI=1S/C11H22N2O2/c1-8-4-11(5-8,7-12)10(15)13(3)9(2)6-14/h8-9,14H,4-7,12H2,1-3H3. The third-order valence-electron chi connectivity index (χ3n) is 3.57. The fourth-order valence-electron chi connectivity index (χ4n) is 2.40. The number of rotatable bonds is 4. The maximum absolute atomic E-state index is 12.2. The minimum absolute atomic E-state index is 0.00154. The van der Waals surface area contributed by atoms with Crippen molar-refractivity contribution in [3.05, 3.63) is 0 Å². The van der Waals surface area contributed by atoms with Crippen LogP contribution in [-0.2, 0) is 4.79 Å². The molecule has 0 spiro atoms. The smallest absolute Gasteiger partial charge is 0.230 e. The number of carbonyl (C=O) groups is 1. The summed E-state index contributed by atoms with van der Waals surface area (Å²) in [5.74, 6) is 0.681. The Kier molecular flexibility index (Phi) is 3.73. The molecular weight excluding hydrogens is 192 g/mol. The van der Waals surface area contributed by atoms with E-state index >= 15 is 0 Å². The van der Waals surface area contributed by atoms with Gasteiger partial charge in [-0.3, -0.25) is 4.79 Å². The molecule has 0 saturated heterocycles. The minimum atomic E-state index is -0.350. The zero-order valence-electron chi connectivity index (χ0n) is 9.86. The van der Waals surface area contributed by atoms with E-state index in [0.29, 0.717) is 12.5 Å². The second-order valence-electron chi connectivity index (χ2n) is 4.95. The molecule has 1 amide bonds. The summed E-state index contributed by atoms with van der Waals surface area (Å²) in [6, 6.07) is -0.128. The van der Waals surface area contributed by atoms with Gasteiger partial charge in [-0.25, -0.2) is 0 Å². The molecule has 0 aromatic rings. The summed E-state index contributed by atoms with van der Waals surface area (Å²) in [4.78, 5) is 13.8. The Labute approximate surface area is 91.4 Å². The van der Waals surface area contributed by atoms with Gasteiger partial charge in [-0.2, -0.15) is 0 Å². The summed E-state index contributed by atoms with van der Waals surface area (Å²) in [7, 11) is 1.74. The lowest BCUT2D eigenvalue weighted by Crippen LogP contribution is -2.55. The summed E-state index contributed by atoms with van der Waals surface area (Å²) in [5.41, 5.74) is 5.35. The molecule has 15 heavy (non-hydrogen) atoms. The Bertz CT molecular complexity index is 237. The molecule has 1 aliphatic carbocycles. The monoisotopic (exact) mass is 214 g/mol. The number of nitrogens with zero attached hydrogens (tertiary/aromatic N) is 1. The van der Waals surface area contributed by atoms with Crippen LogP contribution in [0, 0.1) is 11.3 Å². The van der Waals surface area contributed by atoms with Crippen molar-refractivity contribution < 1.29 is 9.90 Å². The molecule has 88 valence electrons. The van der Waals surface area contributed by atoms with Crippen molar-refractivity contribution in [2.75, 3.05) is 20.2 Å². The summed E-state index contributed by atoms with van der Waals surface area (Å²) >= 11 is 0. The molecule has 4 heteroatoms. The van der Waals surface area contributed by atoms with Crippen molar-refractivity contribution in [1.82, 2.24) is 4.90 Å². The van der Waals surface area contributed by atoms with Gasteiger partial charge >= 0.3 is 0 Å². The third-order valence-corrected chi connectivity index (χ3v) is 3.57. The zero-order chi connectivity index (χ0) is 11.6. The molecule has 1 aliphatic rings. The van der Waals surface area contributed by atoms with Crippen molar-refractivity contribution in [2.45, 2.75) is 32.7 Å². The average Bonchev–Trinajstić information content (AvgIpc) is 2.21. The lowest BCUT2D eigenvalue weighted by molar-refractivity contribution is -0.150. The first kappa shape index (κ1) is 12.5. The van der Waals surface area contributed by atoms with Crippen molar-refractivity contribution in [3.63, 3.8) is 0 Å². The summed E-state index contributed by atoms with van der Waals surface area (Å²) in [6.07, 6.45) is 1.76. The fourth-order valence-corrected chi connectivity index (χ4v) is 2.40. The van der Waals surface area contributed by atoms with Crippen molar-refractivity contribution in [2.24, 2.45) is 17.1 Å². The molecular formula is C11H22N2O2. The third kappa shape index (κ3) is 2.16. The number of likely N-dealkylation sites (N-methyl/N-ethyl adjacent to an activating group) is 1. The Balaban J connectivity index is 2.66. The number of carbonyl (C=O) groups excluding carboxylic acids is 1. The second kappa shape index (κ2) is 4.49. The highest BCUT2D eigenvalue weighted by atomic mass is 16.3. The van der Waals surface area contributed by atoms with E-state index in [9.17, 15) is 4.79 Å². The van der Waals surface area contributed by atoms with Crippen LogP contribution < -0.4 is 5.73 Å². The van der Waals surface area contributed by atoms with Crippen LogP contribution in [0.15, 0.2) is 0 Å². The van der Waals surface area contributed by atoms with Gasteiger partial charge in [-0.15, -0.1) is 0 Å². The minimum Gasteiger partial charge on any atom is -0.394 e. The van der Waals surface area contributed by atoms with Crippen molar-refractivity contribution >= 4 is 5.91 Å². The molecule has 0 aromatic heterocycles. The van der Waals surface area contributed by atoms with Gasteiger partial charge in [0.2, 0.25) is 5.91 Å². The van der Waals surface area contributed by atoms with Crippen LogP contribution in [0.1, 0.15) is 26.7 Å². The largest absolute Gasteiger partial charge is 0.394 e. The zero-order valence-corrected chi connectivity index (χ0v) is 9.86. The molecule has 1 fully saturated rings. The van der Waals surface area contributed by atoms with Gasteiger partial charge in [0.1, 0.15) is 0 Å². The van der Waals surface area contributed by atoms with E-state index in [4.69, 9.17) is 10.8 Å². The summed E-state index contributed by atoms with van der Waals surface area (Å²) in [5, 5.41) is 9.01. The van der Waals surface area contributed by atoms with Crippen LogP contribution in [0.25, 0.3) is 0 Å². The lowest BCUT2D eigenvalue weighted by Gasteiger charge is -2.47. The van der Waals surface area contributed by atoms with Gasteiger partial charge in [0, 0.05) is 13.6 Å². The predicted molar refractivity (Wildman–Crippen MR) is 59.2 cm³/mol. The average molecular weight is 214 g/mol. The van der Waals surface area contributed by atoms with Crippen LogP contribution in [0.4, 0.5) is 0 Å². The number of hydrogen-bond donors (Lipinski definition) is 2. The van der Waals surface area contributed by atoms with Crippen LogP contribution in [-0.4, -0.2) is 42.2 Å². The number of aliphatic hydroxyl groups is 1. The maximum Gasteiger partial charge on any atom is 0.230 e. The molecule has 0 heterocycles. The molecule has 1 atom stereocenters. The molecule has 1 rings (SSSR count). The van der Waals surface area contributed by atoms with Gasteiger partial charge < -0.3 is 15.7 Å². The first-order valence-corrected chi connectivity index (χ1v) is 5.55. The Morgan fingerprint density at radius 1 is 1.67 bits per heavy atom. The van der Waals surface area contributed by atoms with E-state index in [0.717, 1.165) is 12.8 Å². The van der Waals surface area contributed by atoms with Gasteiger partial charge in [0.05, 0.1) is 18.1 Å². The number of hydrogen-bond acceptors (Lipinski definition) is 3. The highest BCUT2D eigenvalue weighted by molar-refractivity contribution is 5.84. The molecule has 0 aromatic carbocycles. The Morgan fingerprint density at radius 2 is 2.20 bits per heavy atom. The van der Waals surface area contributed by atoms with E-state index in [-0.39, 0.29) is 24.0 Å². The number of nitrogens with two attached hydrogens (primary N) is 1. The van der Waals surface area contributed by atoms with Gasteiger partial charge in [-0.1, -0.05) is 6.92 Å². The van der Waals surface area contributed by atoms with E-state index in [1.54, 1.807) is 11.9 Å². The molecule has 3 N–H and O–H groups in total. The van der Waals surface area contributed by atoms with E-state index in [2.05, 4.69) is 6.92 Å². The number of amides is 1. The predicted octanol–water partition coefficient (Wildman–Crippen LogP) is 0.201. The van der Waals surface area contributed by atoms with Crippen molar-refractivity contribution in [1.29, 1.82) is 0 Å². The second-order valence-corrected chi connectivity index (χ2v) is 4.95. The lowest BCUT2D eigenvalue weighted by atomic mass is 9.62. The highest BCUT2D eigenvalue weighted by Crippen LogP contribution is 2.45. The normalized spacial score (nSPS) is 31.9. The van der Waals surface area contributed by atoms with E-state index < -0.39 is 0 Å². The topological polar surface area (TPSA) is 66.6 Å². The van der Waals surface area contributed by atoms with Gasteiger partial charge in [-0.05, 0) is 25.7 Å². The Hall–Kier alpha value is -0.610. The van der Waals surface area contributed by atoms with E-state index in [1.165, 1.54) is 0 Å². The molecule has 1 saturated carbocycles. The van der Waals surface area contributed by atoms with E-state index in [1.807, 2.05) is 6.92 Å². The fraction of sp³-hybridized carbons (Fsp3) is 0.909. The molecule has 0 bridgehead atoms.